The molecule has 3 saturated heterocycles. The lowest BCUT2D eigenvalue weighted by Gasteiger charge is -2.18. The van der Waals surface area contributed by atoms with E-state index in [1.54, 1.807) is 0 Å². The zero-order chi connectivity index (χ0) is 8.84. The second-order valence-electron chi connectivity index (χ2n) is 4.67. The first kappa shape index (κ1) is 8.21. The molecule has 0 aliphatic carbocycles. The molecule has 0 radical (unpaired) electrons. The summed E-state index contributed by atoms with van der Waals surface area (Å²) in [7, 11) is 0. The summed E-state index contributed by atoms with van der Waals surface area (Å²) in [5.41, 5.74) is 5.57. The Balaban J connectivity index is 1.69. The van der Waals surface area contributed by atoms with Crippen LogP contribution >= 0.6 is 0 Å². The number of fused-ring (bicyclic) bond motifs is 5. The van der Waals surface area contributed by atoms with E-state index in [-0.39, 0.29) is 0 Å². The van der Waals surface area contributed by atoms with E-state index in [0.29, 0.717) is 12.2 Å². The molecule has 3 nitrogen and oxygen atoms in total. The van der Waals surface area contributed by atoms with Gasteiger partial charge in [0.05, 0.1) is 12.2 Å². The minimum atomic E-state index is 0.595. The molecule has 0 amide bonds. The summed E-state index contributed by atoms with van der Waals surface area (Å²) in [5.74, 6) is 1.68. The lowest BCUT2D eigenvalue weighted by atomic mass is 9.82. The predicted molar refractivity (Wildman–Crippen MR) is 50.4 cm³/mol. The van der Waals surface area contributed by atoms with Gasteiger partial charge in [-0.25, -0.2) is 0 Å². The van der Waals surface area contributed by atoms with Gasteiger partial charge in [0.2, 0.25) is 0 Å². The molecule has 3 heterocycles. The highest BCUT2D eigenvalue weighted by Gasteiger charge is 2.52. The van der Waals surface area contributed by atoms with E-state index < -0.39 is 0 Å². The van der Waals surface area contributed by atoms with Gasteiger partial charge < -0.3 is 15.4 Å². The van der Waals surface area contributed by atoms with Crippen molar-refractivity contribution >= 4 is 0 Å². The molecular weight excluding hydrogens is 164 g/mol. The maximum atomic E-state index is 5.91. The summed E-state index contributed by atoms with van der Waals surface area (Å²) >= 11 is 0. The number of nitrogens with two attached hydrogens (primary N) is 1. The average Bonchev–Trinajstić information content (AvgIpc) is 2.72. The van der Waals surface area contributed by atoms with Crippen molar-refractivity contribution in [1.29, 1.82) is 0 Å². The summed E-state index contributed by atoms with van der Waals surface area (Å²) in [4.78, 5) is 2.52. The molecule has 3 rings (SSSR count). The Bertz CT molecular complexity index is 191. The number of hydrogen-bond donors (Lipinski definition) is 1. The van der Waals surface area contributed by atoms with Gasteiger partial charge in [0.15, 0.2) is 0 Å². The molecule has 4 unspecified atom stereocenters. The quantitative estimate of drug-likeness (QED) is 0.656. The van der Waals surface area contributed by atoms with Crippen molar-refractivity contribution in [3.63, 3.8) is 0 Å². The third-order valence-corrected chi connectivity index (χ3v) is 3.97. The summed E-state index contributed by atoms with van der Waals surface area (Å²) in [6.07, 6.45) is 3.81. The largest absolute Gasteiger partial charge is 0.374 e. The van der Waals surface area contributed by atoms with Crippen LogP contribution in [0.15, 0.2) is 0 Å². The number of rotatable bonds is 2. The summed E-state index contributed by atoms with van der Waals surface area (Å²) in [6.45, 7) is 4.36. The fourth-order valence-corrected chi connectivity index (χ4v) is 3.41. The smallest absolute Gasteiger partial charge is 0.0624 e. The molecule has 3 fully saturated rings. The van der Waals surface area contributed by atoms with Crippen molar-refractivity contribution < 1.29 is 4.74 Å². The van der Waals surface area contributed by atoms with Crippen LogP contribution < -0.4 is 5.73 Å². The molecule has 3 aliphatic heterocycles. The minimum absolute atomic E-state index is 0.595. The molecule has 0 aromatic carbocycles. The zero-order valence-corrected chi connectivity index (χ0v) is 7.98. The molecule has 0 saturated carbocycles. The molecule has 4 atom stereocenters. The monoisotopic (exact) mass is 182 g/mol. The second-order valence-corrected chi connectivity index (χ2v) is 4.67. The molecule has 13 heavy (non-hydrogen) atoms. The standard InChI is InChI=1S/C10H18N2O/c11-3-4-12-5-7-8(6-12)10-2-1-9(7)13-10/h7-10H,1-6,11H2. The molecule has 74 valence electrons. The molecule has 3 heteroatoms. The van der Waals surface area contributed by atoms with Crippen molar-refractivity contribution in [2.45, 2.75) is 25.0 Å². The molecule has 0 aromatic rings. The maximum absolute atomic E-state index is 5.91. The van der Waals surface area contributed by atoms with Crippen molar-refractivity contribution in [1.82, 2.24) is 4.90 Å². The number of ether oxygens (including phenoxy) is 1. The van der Waals surface area contributed by atoms with Crippen LogP contribution in [0.25, 0.3) is 0 Å². The van der Waals surface area contributed by atoms with Crippen LogP contribution in [0.5, 0.6) is 0 Å². The summed E-state index contributed by atoms with van der Waals surface area (Å²) in [5, 5.41) is 0. The highest BCUT2D eigenvalue weighted by Crippen LogP contribution is 2.46. The van der Waals surface area contributed by atoms with Gasteiger partial charge in [-0.3, -0.25) is 0 Å². The van der Waals surface area contributed by atoms with E-state index in [0.717, 1.165) is 24.9 Å². The first-order valence-electron chi connectivity index (χ1n) is 5.46. The number of likely N-dealkylation sites (tertiary alicyclic amines) is 1. The summed E-state index contributed by atoms with van der Waals surface area (Å²) in [6, 6.07) is 0. The van der Waals surface area contributed by atoms with Crippen LogP contribution in [-0.4, -0.2) is 43.3 Å². The highest BCUT2D eigenvalue weighted by molar-refractivity contribution is 5.02. The van der Waals surface area contributed by atoms with E-state index in [2.05, 4.69) is 4.90 Å². The Morgan fingerprint density at radius 1 is 1.15 bits per heavy atom. The van der Waals surface area contributed by atoms with E-state index in [4.69, 9.17) is 10.5 Å². The lowest BCUT2D eigenvalue weighted by molar-refractivity contribution is 0.0710. The highest BCUT2D eigenvalue weighted by atomic mass is 16.5. The number of hydrogen-bond acceptors (Lipinski definition) is 3. The fourth-order valence-electron chi connectivity index (χ4n) is 3.41. The van der Waals surface area contributed by atoms with Crippen LogP contribution in [0.1, 0.15) is 12.8 Å². The number of nitrogens with zero attached hydrogens (tertiary/aromatic N) is 1. The second kappa shape index (κ2) is 2.94. The van der Waals surface area contributed by atoms with Gasteiger partial charge in [0, 0.05) is 38.0 Å². The third-order valence-electron chi connectivity index (χ3n) is 3.97. The Hall–Kier alpha value is -0.120. The van der Waals surface area contributed by atoms with Gasteiger partial charge in [-0.1, -0.05) is 0 Å². The van der Waals surface area contributed by atoms with Gasteiger partial charge in [0.25, 0.3) is 0 Å². The van der Waals surface area contributed by atoms with Crippen LogP contribution in [-0.2, 0) is 4.74 Å². The van der Waals surface area contributed by atoms with E-state index in [9.17, 15) is 0 Å². The molecule has 0 spiro atoms. The van der Waals surface area contributed by atoms with Crippen molar-refractivity contribution in [3.05, 3.63) is 0 Å². The Labute approximate surface area is 79.2 Å². The van der Waals surface area contributed by atoms with Crippen LogP contribution in [0.2, 0.25) is 0 Å². The van der Waals surface area contributed by atoms with E-state index in [1.165, 1.54) is 25.9 Å². The Kier molecular flexibility index (Phi) is 1.86. The van der Waals surface area contributed by atoms with Crippen LogP contribution in [0.4, 0.5) is 0 Å². The normalized spacial score (nSPS) is 48.7. The summed E-state index contributed by atoms with van der Waals surface area (Å²) < 4.78 is 5.91. The van der Waals surface area contributed by atoms with Gasteiger partial charge in [0.1, 0.15) is 0 Å². The molecule has 2 bridgehead atoms. The van der Waals surface area contributed by atoms with Crippen LogP contribution in [0, 0.1) is 11.8 Å². The van der Waals surface area contributed by atoms with Gasteiger partial charge in [-0.2, -0.15) is 0 Å². The third kappa shape index (κ3) is 1.14. The first-order valence-corrected chi connectivity index (χ1v) is 5.46. The molecule has 3 aliphatic rings. The topological polar surface area (TPSA) is 38.5 Å². The fraction of sp³-hybridized carbons (Fsp3) is 1.00. The zero-order valence-electron chi connectivity index (χ0n) is 7.98. The van der Waals surface area contributed by atoms with Crippen LogP contribution in [0.3, 0.4) is 0 Å². The van der Waals surface area contributed by atoms with Gasteiger partial charge in [-0.15, -0.1) is 0 Å². The lowest BCUT2D eigenvalue weighted by Crippen LogP contribution is -2.29. The average molecular weight is 182 g/mol. The molecule has 0 aromatic heterocycles. The van der Waals surface area contributed by atoms with Crippen molar-refractivity contribution in [2.75, 3.05) is 26.2 Å². The van der Waals surface area contributed by atoms with E-state index >= 15 is 0 Å². The van der Waals surface area contributed by atoms with Crippen molar-refractivity contribution in [2.24, 2.45) is 17.6 Å². The van der Waals surface area contributed by atoms with Gasteiger partial charge in [-0.05, 0) is 12.8 Å². The van der Waals surface area contributed by atoms with Crippen molar-refractivity contribution in [3.8, 4) is 0 Å². The molecule has 2 N–H and O–H groups in total. The first-order chi connectivity index (χ1) is 6.38. The minimum Gasteiger partial charge on any atom is -0.374 e. The molecular formula is C10H18N2O. The maximum Gasteiger partial charge on any atom is 0.0624 e. The Morgan fingerprint density at radius 2 is 1.77 bits per heavy atom. The van der Waals surface area contributed by atoms with E-state index in [1.807, 2.05) is 0 Å². The Morgan fingerprint density at radius 3 is 2.31 bits per heavy atom. The SMILES string of the molecule is NCCN1CC2C3CCC(O3)C2C1. The predicted octanol–water partition coefficient (Wildman–Crippen LogP) is 0.0543. The van der Waals surface area contributed by atoms with Gasteiger partial charge >= 0.3 is 0 Å².